The lowest BCUT2D eigenvalue weighted by Gasteiger charge is -2.35. The second-order valence-electron chi connectivity index (χ2n) is 7.86. The predicted octanol–water partition coefficient (Wildman–Crippen LogP) is 3.57. The summed E-state index contributed by atoms with van der Waals surface area (Å²) in [6.07, 6.45) is 2.05. The van der Waals surface area contributed by atoms with Gasteiger partial charge in [0.1, 0.15) is 0 Å². The lowest BCUT2D eigenvalue weighted by Crippen LogP contribution is -2.48. The Labute approximate surface area is 187 Å². The molecule has 1 saturated heterocycles. The van der Waals surface area contributed by atoms with Gasteiger partial charge in [0.25, 0.3) is 5.91 Å². The Morgan fingerprint density at radius 1 is 0.968 bits per heavy atom. The predicted molar refractivity (Wildman–Crippen MR) is 120 cm³/mol. The molecule has 0 aliphatic carbocycles. The summed E-state index contributed by atoms with van der Waals surface area (Å²) < 4.78 is 1.83. The van der Waals surface area contributed by atoms with Crippen LogP contribution in [-0.2, 0) is 13.6 Å². The van der Waals surface area contributed by atoms with Crippen molar-refractivity contribution >= 4 is 23.3 Å². The van der Waals surface area contributed by atoms with Gasteiger partial charge >= 0.3 is 0 Å². The zero-order valence-electron chi connectivity index (χ0n) is 17.7. The van der Waals surface area contributed by atoms with Crippen molar-refractivity contribution in [3.8, 4) is 0 Å². The number of benzene rings is 2. The normalized spacial score (nSPS) is 14.6. The van der Waals surface area contributed by atoms with Crippen LogP contribution in [0.3, 0.4) is 0 Å². The van der Waals surface area contributed by atoms with E-state index in [9.17, 15) is 9.59 Å². The number of amides is 1. The van der Waals surface area contributed by atoms with Gasteiger partial charge < -0.3 is 4.90 Å². The number of piperazine rings is 1. The fourth-order valence-electron chi connectivity index (χ4n) is 3.95. The van der Waals surface area contributed by atoms with Crippen molar-refractivity contribution in [3.05, 3.63) is 87.7 Å². The topological polar surface area (TPSA) is 58.4 Å². The van der Waals surface area contributed by atoms with Gasteiger partial charge in [0, 0.05) is 67.7 Å². The summed E-state index contributed by atoms with van der Waals surface area (Å²) in [5, 5.41) is 4.97. The smallest absolute Gasteiger partial charge is 0.254 e. The number of rotatable bonds is 5. The quantitative estimate of drug-likeness (QED) is 0.574. The minimum atomic E-state index is -0.175. The maximum Gasteiger partial charge on any atom is 0.254 e. The molecular weight excluding hydrogens is 412 g/mol. The molecule has 0 radical (unpaired) electrons. The SMILES string of the molecule is Cc1nn(C)cc1CN1CCN(C(=O)c2ccccc2C(=O)c2ccc(Cl)cc2)CC1. The van der Waals surface area contributed by atoms with Crippen LogP contribution in [0.15, 0.2) is 54.7 Å². The first kappa shape index (κ1) is 21.3. The molecule has 0 bridgehead atoms. The van der Waals surface area contributed by atoms with E-state index in [0.29, 0.717) is 34.8 Å². The molecule has 0 atom stereocenters. The molecule has 0 unspecified atom stereocenters. The third-order valence-electron chi connectivity index (χ3n) is 5.68. The molecule has 1 aromatic heterocycles. The van der Waals surface area contributed by atoms with Crippen molar-refractivity contribution in [2.45, 2.75) is 13.5 Å². The molecule has 0 saturated carbocycles. The van der Waals surface area contributed by atoms with Crippen molar-refractivity contribution in [3.63, 3.8) is 0 Å². The van der Waals surface area contributed by atoms with Crippen LogP contribution in [0.1, 0.15) is 37.5 Å². The molecule has 3 aromatic rings. The van der Waals surface area contributed by atoms with Crippen molar-refractivity contribution in [1.29, 1.82) is 0 Å². The highest BCUT2D eigenvalue weighted by atomic mass is 35.5. The zero-order valence-corrected chi connectivity index (χ0v) is 18.5. The van der Waals surface area contributed by atoms with E-state index in [1.54, 1.807) is 48.5 Å². The Hall–Kier alpha value is -2.96. The van der Waals surface area contributed by atoms with E-state index in [0.717, 1.165) is 25.3 Å². The summed E-state index contributed by atoms with van der Waals surface area (Å²) in [5.74, 6) is -0.276. The van der Waals surface area contributed by atoms with Crippen molar-refractivity contribution in [1.82, 2.24) is 19.6 Å². The van der Waals surface area contributed by atoms with Crippen LogP contribution in [-0.4, -0.2) is 57.4 Å². The zero-order chi connectivity index (χ0) is 22.0. The summed E-state index contributed by atoms with van der Waals surface area (Å²) >= 11 is 5.94. The number of halogens is 1. The first-order valence-electron chi connectivity index (χ1n) is 10.3. The van der Waals surface area contributed by atoms with Crippen molar-refractivity contribution < 1.29 is 9.59 Å². The second kappa shape index (κ2) is 9.04. The van der Waals surface area contributed by atoms with Crippen LogP contribution < -0.4 is 0 Å². The molecule has 1 aliphatic heterocycles. The molecule has 2 aromatic carbocycles. The molecule has 31 heavy (non-hydrogen) atoms. The molecule has 1 aliphatic rings. The molecule has 6 nitrogen and oxygen atoms in total. The molecule has 7 heteroatoms. The number of aryl methyl sites for hydroxylation is 2. The molecule has 160 valence electrons. The average molecular weight is 437 g/mol. The first-order valence-corrected chi connectivity index (χ1v) is 10.7. The Morgan fingerprint density at radius 3 is 2.23 bits per heavy atom. The Bertz CT molecular complexity index is 1100. The molecular formula is C24H25ClN4O2. The van der Waals surface area contributed by atoms with Crippen LogP contribution in [0, 0.1) is 6.92 Å². The number of nitrogens with zero attached hydrogens (tertiary/aromatic N) is 4. The standard InChI is InChI=1S/C24H25ClN4O2/c1-17-19(15-27(2)26-17)16-28-11-13-29(14-12-28)24(31)22-6-4-3-5-21(22)23(30)18-7-9-20(25)10-8-18/h3-10,15H,11-14,16H2,1-2H3. The third-order valence-corrected chi connectivity index (χ3v) is 5.93. The molecule has 4 rings (SSSR count). The van der Waals surface area contributed by atoms with Gasteiger partial charge in [-0.15, -0.1) is 0 Å². The van der Waals surface area contributed by atoms with E-state index in [2.05, 4.69) is 10.00 Å². The lowest BCUT2D eigenvalue weighted by molar-refractivity contribution is 0.0625. The summed E-state index contributed by atoms with van der Waals surface area (Å²) in [4.78, 5) is 30.4. The van der Waals surface area contributed by atoms with E-state index in [1.165, 1.54) is 5.56 Å². The van der Waals surface area contributed by atoms with Crippen molar-refractivity contribution in [2.75, 3.05) is 26.2 Å². The summed E-state index contributed by atoms with van der Waals surface area (Å²) in [6, 6.07) is 13.8. The van der Waals surface area contributed by atoms with Gasteiger partial charge in [-0.25, -0.2) is 0 Å². The maximum atomic E-state index is 13.3. The summed E-state index contributed by atoms with van der Waals surface area (Å²) in [5.41, 5.74) is 3.63. The number of aromatic nitrogens is 2. The van der Waals surface area contributed by atoms with E-state index < -0.39 is 0 Å². The third kappa shape index (κ3) is 4.70. The number of ketones is 1. The van der Waals surface area contributed by atoms with E-state index in [4.69, 9.17) is 11.6 Å². The van der Waals surface area contributed by atoms with Crippen molar-refractivity contribution in [2.24, 2.45) is 7.05 Å². The van der Waals surface area contributed by atoms with E-state index >= 15 is 0 Å². The van der Waals surface area contributed by atoms with Gasteiger partial charge in [0.15, 0.2) is 5.78 Å². The number of carbonyl (C=O) groups is 2. The van der Waals surface area contributed by atoms with Gasteiger partial charge in [-0.2, -0.15) is 5.10 Å². The Balaban J connectivity index is 1.45. The molecule has 0 N–H and O–H groups in total. The van der Waals surface area contributed by atoms with Gasteiger partial charge in [-0.05, 0) is 37.3 Å². The molecule has 1 amide bonds. The first-order chi connectivity index (χ1) is 14.9. The highest BCUT2D eigenvalue weighted by Gasteiger charge is 2.26. The van der Waals surface area contributed by atoms with Crippen LogP contribution in [0.25, 0.3) is 0 Å². The van der Waals surface area contributed by atoms with Crippen LogP contribution in [0.5, 0.6) is 0 Å². The highest BCUT2D eigenvalue weighted by molar-refractivity contribution is 6.30. The average Bonchev–Trinajstić information content (AvgIpc) is 3.10. The number of hydrogen-bond donors (Lipinski definition) is 0. The summed E-state index contributed by atoms with van der Waals surface area (Å²) in [7, 11) is 1.93. The highest BCUT2D eigenvalue weighted by Crippen LogP contribution is 2.20. The molecule has 0 spiro atoms. The molecule has 1 fully saturated rings. The Morgan fingerprint density at radius 2 is 1.61 bits per heavy atom. The Kier molecular flexibility index (Phi) is 6.20. The van der Waals surface area contributed by atoms with E-state index in [1.807, 2.05) is 29.7 Å². The summed E-state index contributed by atoms with van der Waals surface area (Å²) in [6.45, 7) is 5.67. The van der Waals surface area contributed by atoms with Crippen LogP contribution in [0.2, 0.25) is 5.02 Å². The second-order valence-corrected chi connectivity index (χ2v) is 8.30. The minimum Gasteiger partial charge on any atom is -0.336 e. The lowest BCUT2D eigenvalue weighted by atomic mass is 9.97. The fraction of sp³-hybridized carbons (Fsp3) is 0.292. The largest absolute Gasteiger partial charge is 0.336 e. The van der Waals surface area contributed by atoms with E-state index in [-0.39, 0.29) is 11.7 Å². The molecule has 2 heterocycles. The van der Waals surface area contributed by atoms with Crippen LogP contribution >= 0.6 is 11.6 Å². The van der Waals surface area contributed by atoms with Gasteiger partial charge in [0.2, 0.25) is 0 Å². The van der Waals surface area contributed by atoms with Gasteiger partial charge in [-0.3, -0.25) is 19.2 Å². The fourth-order valence-corrected chi connectivity index (χ4v) is 4.07. The van der Waals surface area contributed by atoms with Gasteiger partial charge in [0.05, 0.1) is 11.3 Å². The number of hydrogen-bond acceptors (Lipinski definition) is 4. The maximum absolute atomic E-state index is 13.3. The van der Waals surface area contributed by atoms with Crippen LogP contribution in [0.4, 0.5) is 0 Å². The monoisotopic (exact) mass is 436 g/mol. The minimum absolute atomic E-state index is 0.102. The van der Waals surface area contributed by atoms with Gasteiger partial charge in [-0.1, -0.05) is 29.8 Å². The number of carbonyl (C=O) groups excluding carboxylic acids is 2.